The van der Waals surface area contributed by atoms with Crippen molar-refractivity contribution in [3.8, 4) is 0 Å². The second kappa shape index (κ2) is 14.5. The van der Waals surface area contributed by atoms with E-state index in [1.807, 2.05) is 0 Å². The highest BCUT2D eigenvalue weighted by molar-refractivity contribution is 4.66. The lowest BCUT2D eigenvalue weighted by molar-refractivity contribution is 0.307. The fraction of sp³-hybridized carbons (Fsp3) is 1.00. The minimum absolute atomic E-state index is 1.12. The van der Waals surface area contributed by atoms with E-state index in [1.54, 1.807) is 0 Å². The molecular weight excluding hydrogens is 156 g/mol. The van der Waals surface area contributed by atoms with Crippen molar-refractivity contribution in [1.29, 1.82) is 0 Å². The summed E-state index contributed by atoms with van der Waals surface area (Å²) >= 11 is 0. The van der Waals surface area contributed by atoms with Crippen LogP contribution in [0.3, 0.4) is 0 Å². The Labute approximate surface area is 86.1 Å². The highest BCUT2D eigenvalue weighted by Gasteiger charge is 2.13. The first-order valence-electron chi connectivity index (χ1n) is 6.26. The topological polar surface area (TPSA) is 0 Å². The van der Waals surface area contributed by atoms with Crippen LogP contribution in [0.25, 0.3) is 0 Å². The molecule has 1 saturated carbocycles. The molecule has 82 valence electrons. The van der Waals surface area contributed by atoms with E-state index in [9.17, 15) is 0 Å². The summed E-state index contributed by atoms with van der Waals surface area (Å²) in [5, 5.41) is 0. The van der Waals surface area contributed by atoms with Gasteiger partial charge in [-0.1, -0.05) is 79.6 Å². The predicted molar refractivity (Wildman–Crippen MR) is 64.2 cm³/mol. The molecule has 1 rings (SSSR count). The molecule has 1 fully saturated rings. The molecule has 0 unspecified atom stereocenters. The number of rotatable bonds is 2. The van der Waals surface area contributed by atoms with Gasteiger partial charge < -0.3 is 0 Å². The Bertz CT molecular complexity index is 57.7. The lowest BCUT2D eigenvalue weighted by Gasteiger charge is -2.22. The fourth-order valence-corrected chi connectivity index (χ4v) is 0.901. The maximum Gasteiger partial charge on any atom is -0.0417 e. The molecule has 1 aliphatic carbocycles. The van der Waals surface area contributed by atoms with E-state index < -0.39 is 0 Å². The molecule has 1 aliphatic rings. The third-order valence-electron chi connectivity index (χ3n) is 2.30. The van der Waals surface area contributed by atoms with Crippen LogP contribution in [0.2, 0.25) is 0 Å². The monoisotopic (exact) mass is 186 g/mol. The number of hydrogen-bond acceptors (Lipinski definition) is 0. The van der Waals surface area contributed by atoms with Gasteiger partial charge in [0.1, 0.15) is 0 Å². The zero-order valence-electron chi connectivity index (χ0n) is 10.5. The summed E-state index contributed by atoms with van der Waals surface area (Å²) in [7, 11) is 0. The van der Waals surface area contributed by atoms with Crippen LogP contribution in [-0.2, 0) is 0 Å². The molecule has 0 amide bonds. The summed E-state index contributed by atoms with van der Waals surface area (Å²) in [6.45, 7) is 10.9. The van der Waals surface area contributed by atoms with E-state index in [0.717, 1.165) is 5.92 Å². The van der Waals surface area contributed by atoms with Crippen molar-refractivity contribution < 1.29 is 0 Å². The smallest absolute Gasteiger partial charge is 0.0417 e. The van der Waals surface area contributed by atoms with Gasteiger partial charge in [-0.05, 0) is 5.92 Å². The average Bonchev–Trinajstić information content (AvgIpc) is 2.04. The minimum Gasteiger partial charge on any atom is -0.0656 e. The van der Waals surface area contributed by atoms with E-state index in [0.29, 0.717) is 0 Å². The van der Waals surface area contributed by atoms with Crippen molar-refractivity contribution in [2.24, 2.45) is 5.92 Å². The molecule has 0 aromatic heterocycles. The molecule has 0 aliphatic heterocycles. The van der Waals surface area contributed by atoms with E-state index >= 15 is 0 Å². The molecule has 0 spiro atoms. The van der Waals surface area contributed by atoms with Crippen molar-refractivity contribution >= 4 is 0 Å². The Morgan fingerprint density at radius 2 is 1.23 bits per heavy atom. The number of unbranched alkanes of at least 4 members (excludes halogenated alkanes) is 1. The molecule has 0 N–H and O–H groups in total. The Hall–Kier alpha value is 0. The third-order valence-corrected chi connectivity index (χ3v) is 2.30. The van der Waals surface area contributed by atoms with Gasteiger partial charge in [-0.15, -0.1) is 0 Å². The molecular formula is C13H30. The van der Waals surface area contributed by atoms with Gasteiger partial charge in [-0.3, -0.25) is 0 Å². The summed E-state index contributed by atoms with van der Waals surface area (Å²) in [6, 6.07) is 0. The van der Waals surface area contributed by atoms with Crippen molar-refractivity contribution in [3.63, 3.8) is 0 Å². The molecule has 0 radical (unpaired) electrons. The predicted octanol–water partition coefficient (Wildman–Crippen LogP) is 5.42. The molecule has 0 atom stereocenters. The molecule has 0 aromatic rings. The quantitative estimate of drug-likeness (QED) is 0.540. The van der Waals surface area contributed by atoms with Gasteiger partial charge in [-0.25, -0.2) is 0 Å². The van der Waals surface area contributed by atoms with Crippen LogP contribution >= 0.6 is 0 Å². The van der Waals surface area contributed by atoms with E-state index in [4.69, 9.17) is 0 Å². The molecule has 0 saturated heterocycles. The standard InChI is InChI=1S/C6H12.C4H10.C3H8/c1-2-6-4-3-5-6;1-3-4-2;1-3-2/h6H,2-5H2,1H3;3-4H2,1-2H3;3H2,1-2H3. The fourth-order valence-electron chi connectivity index (χ4n) is 0.901. The zero-order chi connectivity index (χ0) is 10.5. The lowest BCUT2D eigenvalue weighted by atomic mass is 9.84. The normalized spacial score (nSPS) is 14.5. The second-order valence-corrected chi connectivity index (χ2v) is 3.91. The van der Waals surface area contributed by atoms with Crippen LogP contribution in [0, 0.1) is 5.92 Å². The molecule has 0 heteroatoms. The molecule has 0 aromatic carbocycles. The van der Waals surface area contributed by atoms with Gasteiger partial charge in [0.05, 0.1) is 0 Å². The van der Waals surface area contributed by atoms with Gasteiger partial charge in [0.2, 0.25) is 0 Å². The zero-order valence-corrected chi connectivity index (χ0v) is 10.5. The van der Waals surface area contributed by atoms with Crippen molar-refractivity contribution in [2.45, 2.75) is 79.6 Å². The van der Waals surface area contributed by atoms with E-state index in [2.05, 4.69) is 34.6 Å². The highest BCUT2D eigenvalue weighted by Crippen LogP contribution is 2.28. The van der Waals surface area contributed by atoms with Crippen LogP contribution in [0.5, 0.6) is 0 Å². The largest absolute Gasteiger partial charge is 0.0656 e. The summed E-state index contributed by atoms with van der Waals surface area (Å²) in [5.74, 6) is 1.12. The highest BCUT2D eigenvalue weighted by atomic mass is 14.2. The second-order valence-electron chi connectivity index (χ2n) is 3.91. The lowest BCUT2D eigenvalue weighted by Crippen LogP contribution is -2.08. The van der Waals surface area contributed by atoms with E-state index in [1.165, 1.54) is 44.9 Å². The average molecular weight is 186 g/mol. The Morgan fingerprint density at radius 3 is 1.23 bits per heavy atom. The Kier molecular flexibility index (Phi) is 17.3. The van der Waals surface area contributed by atoms with Crippen molar-refractivity contribution in [3.05, 3.63) is 0 Å². The molecule has 0 bridgehead atoms. The molecule has 13 heavy (non-hydrogen) atoms. The summed E-state index contributed by atoms with van der Waals surface area (Å²) in [6.07, 6.45) is 9.82. The SMILES string of the molecule is CCC.CCC1CCC1.CCCC. The first-order chi connectivity index (χ1) is 6.26. The maximum atomic E-state index is 2.28. The Morgan fingerprint density at radius 1 is 0.846 bits per heavy atom. The van der Waals surface area contributed by atoms with Crippen LogP contribution in [-0.4, -0.2) is 0 Å². The first kappa shape index (κ1) is 15.5. The van der Waals surface area contributed by atoms with Gasteiger partial charge in [0, 0.05) is 0 Å². The van der Waals surface area contributed by atoms with Crippen LogP contribution in [0.15, 0.2) is 0 Å². The minimum atomic E-state index is 1.12. The summed E-state index contributed by atoms with van der Waals surface area (Å²) in [5.41, 5.74) is 0. The van der Waals surface area contributed by atoms with E-state index in [-0.39, 0.29) is 0 Å². The third kappa shape index (κ3) is 14.8. The number of hydrogen-bond donors (Lipinski definition) is 0. The first-order valence-corrected chi connectivity index (χ1v) is 6.26. The van der Waals surface area contributed by atoms with Crippen molar-refractivity contribution in [2.75, 3.05) is 0 Å². The van der Waals surface area contributed by atoms with Gasteiger partial charge in [0.25, 0.3) is 0 Å². The maximum absolute atomic E-state index is 2.28. The van der Waals surface area contributed by atoms with Gasteiger partial charge in [0.15, 0.2) is 0 Å². The van der Waals surface area contributed by atoms with Crippen LogP contribution in [0.4, 0.5) is 0 Å². The molecule has 0 nitrogen and oxygen atoms in total. The Balaban J connectivity index is 0. The molecule has 0 heterocycles. The van der Waals surface area contributed by atoms with Crippen molar-refractivity contribution in [1.82, 2.24) is 0 Å². The summed E-state index contributed by atoms with van der Waals surface area (Å²) < 4.78 is 0. The van der Waals surface area contributed by atoms with Crippen LogP contribution in [0.1, 0.15) is 79.6 Å². The van der Waals surface area contributed by atoms with Crippen LogP contribution < -0.4 is 0 Å². The van der Waals surface area contributed by atoms with Gasteiger partial charge in [-0.2, -0.15) is 0 Å². The van der Waals surface area contributed by atoms with Gasteiger partial charge >= 0.3 is 0 Å². The summed E-state index contributed by atoms with van der Waals surface area (Å²) in [4.78, 5) is 0.